The molecule has 0 aliphatic heterocycles. The summed E-state index contributed by atoms with van der Waals surface area (Å²) in [7, 11) is -3.71. The monoisotopic (exact) mass is 359 g/mol. The molecule has 0 radical (unpaired) electrons. The normalized spacial score (nSPS) is 15.9. The molecule has 25 heavy (non-hydrogen) atoms. The summed E-state index contributed by atoms with van der Waals surface area (Å²) in [6, 6.07) is 14.8. The number of nitrogens with zero attached hydrogens (tertiary/aromatic N) is 1. The number of carboxylic acids is 1. The summed E-state index contributed by atoms with van der Waals surface area (Å²) in [5.74, 6) is -0.687. The first-order valence-electron chi connectivity index (χ1n) is 8.28. The van der Waals surface area contributed by atoms with E-state index >= 15 is 0 Å². The zero-order chi connectivity index (χ0) is 18.0. The molecule has 1 aliphatic carbocycles. The van der Waals surface area contributed by atoms with E-state index in [2.05, 4.69) is 0 Å². The number of sulfonamides is 1. The van der Waals surface area contributed by atoms with Gasteiger partial charge in [0.15, 0.2) is 0 Å². The summed E-state index contributed by atoms with van der Waals surface area (Å²) in [5.41, 5.74) is 1.00. The van der Waals surface area contributed by atoms with Gasteiger partial charge in [-0.25, -0.2) is 13.2 Å². The summed E-state index contributed by atoms with van der Waals surface area (Å²) in [5, 5.41) is 8.99. The number of carboxylic acid groups (broad SMARTS) is 1. The summed E-state index contributed by atoms with van der Waals surface area (Å²) in [6.45, 7) is 2.26. The largest absolute Gasteiger partial charge is 0.478 e. The molecule has 1 unspecified atom stereocenters. The van der Waals surface area contributed by atoms with Crippen LogP contribution < -0.4 is 0 Å². The predicted octanol–water partition coefficient (Wildman–Crippen LogP) is 3.37. The van der Waals surface area contributed by atoms with Crippen molar-refractivity contribution in [2.45, 2.75) is 37.2 Å². The second-order valence-corrected chi connectivity index (χ2v) is 8.33. The Kier molecular flexibility index (Phi) is 4.92. The van der Waals surface area contributed by atoms with Gasteiger partial charge in [-0.2, -0.15) is 4.31 Å². The van der Waals surface area contributed by atoms with Gasteiger partial charge in [0.2, 0.25) is 10.0 Å². The second-order valence-electron chi connectivity index (χ2n) is 6.44. The Bertz CT molecular complexity index is 843. The number of rotatable bonds is 7. The SMILES string of the molecule is CC(C1CC1)N(Cc1ccccc1)S(=O)(=O)c1ccc(C(=O)O)cc1. The summed E-state index contributed by atoms with van der Waals surface area (Å²) in [6.07, 6.45) is 2.08. The van der Waals surface area contributed by atoms with Crippen LogP contribution in [0.1, 0.15) is 35.7 Å². The van der Waals surface area contributed by atoms with Crippen LogP contribution in [-0.4, -0.2) is 29.8 Å². The Morgan fingerprint density at radius 3 is 2.24 bits per heavy atom. The maximum absolute atomic E-state index is 13.2. The van der Waals surface area contributed by atoms with E-state index in [0.29, 0.717) is 12.5 Å². The van der Waals surface area contributed by atoms with Crippen LogP contribution in [0, 0.1) is 5.92 Å². The summed E-state index contributed by atoms with van der Waals surface area (Å²) in [4.78, 5) is 11.1. The van der Waals surface area contributed by atoms with Crippen molar-refractivity contribution in [3.8, 4) is 0 Å². The molecule has 2 aromatic rings. The van der Waals surface area contributed by atoms with Gasteiger partial charge >= 0.3 is 5.97 Å². The highest BCUT2D eigenvalue weighted by Crippen LogP contribution is 2.37. The molecule has 0 saturated heterocycles. The van der Waals surface area contributed by atoms with Crippen molar-refractivity contribution in [3.05, 3.63) is 65.7 Å². The minimum atomic E-state index is -3.71. The van der Waals surface area contributed by atoms with E-state index in [9.17, 15) is 13.2 Å². The van der Waals surface area contributed by atoms with Crippen LogP contribution in [0.15, 0.2) is 59.5 Å². The molecule has 0 amide bonds. The molecule has 5 nitrogen and oxygen atoms in total. The summed E-state index contributed by atoms with van der Waals surface area (Å²) >= 11 is 0. The second kappa shape index (κ2) is 6.98. The van der Waals surface area contributed by atoms with Crippen LogP contribution in [-0.2, 0) is 16.6 Å². The number of carbonyl (C=O) groups is 1. The summed E-state index contributed by atoms with van der Waals surface area (Å²) < 4.78 is 27.9. The first-order chi connectivity index (χ1) is 11.9. The van der Waals surface area contributed by atoms with Gasteiger partial charge in [0.05, 0.1) is 10.5 Å². The van der Waals surface area contributed by atoms with Crippen molar-refractivity contribution in [1.29, 1.82) is 0 Å². The number of hydrogen-bond donors (Lipinski definition) is 1. The Morgan fingerprint density at radius 2 is 1.72 bits per heavy atom. The van der Waals surface area contributed by atoms with Gasteiger partial charge in [0, 0.05) is 12.6 Å². The fourth-order valence-corrected chi connectivity index (χ4v) is 4.61. The Labute approximate surface area is 148 Å². The number of aromatic carboxylic acids is 1. The van der Waals surface area contributed by atoms with Gasteiger partial charge in [-0.15, -0.1) is 0 Å². The highest BCUT2D eigenvalue weighted by molar-refractivity contribution is 7.89. The topological polar surface area (TPSA) is 74.7 Å². The van der Waals surface area contributed by atoms with E-state index in [-0.39, 0.29) is 16.5 Å². The lowest BCUT2D eigenvalue weighted by atomic mass is 10.2. The van der Waals surface area contributed by atoms with Gasteiger partial charge in [0.25, 0.3) is 0 Å². The first-order valence-corrected chi connectivity index (χ1v) is 9.73. The van der Waals surface area contributed by atoms with Crippen molar-refractivity contribution in [2.75, 3.05) is 0 Å². The zero-order valence-electron chi connectivity index (χ0n) is 14.0. The van der Waals surface area contributed by atoms with Crippen molar-refractivity contribution in [1.82, 2.24) is 4.31 Å². The van der Waals surface area contributed by atoms with E-state index in [1.165, 1.54) is 28.6 Å². The van der Waals surface area contributed by atoms with Crippen LogP contribution >= 0.6 is 0 Å². The maximum Gasteiger partial charge on any atom is 0.335 e. The molecule has 1 fully saturated rings. The van der Waals surface area contributed by atoms with Crippen LogP contribution in [0.4, 0.5) is 0 Å². The van der Waals surface area contributed by atoms with Crippen molar-refractivity contribution >= 4 is 16.0 Å². The Hall–Kier alpha value is -2.18. The predicted molar refractivity (Wildman–Crippen MR) is 94.8 cm³/mol. The van der Waals surface area contributed by atoms with Gasteiger partial charge in [-0.3, -0.25) is 0 Å². The number of benzene rings is 2. The molecule has 1 atom stereocenters. The van der Waals surface area contributed by atoms with E-state index in [1.807, 2.05) is 37.3 Å². The lowest BCUT2D eigenvalue weighted by Gasteiger charge is -2.28. The highest BCUT2D eigenvalue weighted by atomic mass is 32.2. The molecule has 6 heteroatoms. The molecular weight excluding hydrogens is 338 g/mol. The fraction of sp³-hybridized carbons (Fsp3) is 0.316. The molecule has 0 spiro atoms. The fourth-order valence-electron chi connectivity index (χ4n) is 2.93. The van der Waals surface area contributed by atoms with Gasteiger partial charge in [-0.05, 0) is 55.5 Å². The molecule has 1 aliphatic rings. The van der Waals surface area contributed by atoms with E-state index < -0.39 is 16.0 Å². The van der Waals surface area contributed by atoms with Gasteiger partial charge < -0.3 is 5.11 Å². The molecule has 1 N–H and O–H groups in total. The minimum absolute atomic E-state index is 0.0730. The molecule has 0 bridgehead atoms. The average molecular weight is 359 g/mol. The molecule has 2 aromatic carbocycles. The van der Waals surface area contributed by atoms with Gasteiger partial charge in [-0.1, -0.05) is 30.3 Å². The zero-order valence-corrected chi connectivity index (χ0v) is 14.8. The molecule has 132 valence electrons. The van der Waals surface area contributed by atoms with Crippen LogP contribution in [0.3, 0.4) is 0 Å². The van der Waals surface area contributed by atoms with E-state index in [0.717, 1.165) is 18.4 Å². The lowest BCUT2D eigenvalue weighted by Crippen LogP contribution is -2.39. The lowest BCUT2D eigenvalue weighted by molar-refractivity contribution is 0.0696. The number of hydrogen-bond acceptors (Lipinski definition) is 3. The third-order valence-corrected chi connectivity index (χ3v) is 6.59. The van der Waals surface area contributed by atoms with E-state index in [1.54, 1.807) is 0 Å². The Morgan fingerprint density at radius 1 is 1.12 bits per heavy atom. The van der Waals surface area contributed by atoms with Crippen LogP contribution in [0.2, 0.25) is 0 Å². The van der Waals surface area contributed by atoms with Gasteiger partial charge in [0.1, 0.15) is 0 Å². The van der Waals surface area contributed by atoms with Crippen molar-refractivity contribution in [2.24, 2.45) is 5.92 Å². The standard InChI is InChI=1S/C19H21NO4S/c1-14(16-7-8-16)20(13-15-5-3-2-4-6-15)25(23,24)18-11-9-17(10-12-18)19(21)22/h2-6,9-12,14,16H,7-8,13H2,1H3,(H,21,22). The molecule has 0 heterocycles. The molecular formula is C19H21NO4S. The van der Waals surface area contributed by atoms with Crippen LogP contribution in [0.25, 0.3) is 0 Å². The molecule has 1 saturated carbocycles. The first kappa shape index (κ1) is 17.6. The van der Waals surface area contributed by atoms with Crippen molar-refractivity contribution in [3.63, 3.8) is 0 Å². The third kappa shape index (κ3) is 3.91. The quantitative estimate of drug-likeness (QED) is 0.822. The minimum Gasteiger partial charge on any atom is -0.478 e. The maximum atomic E-state index is 13.2. The van der Waals surface area contributed by atoms with E-state index in [4.69, 9.17) is 5.11 Å². The smallest absolute Gasteiger partial charge is 0.335 e. The Balaban J connectivity index is 1.94. The third-order valence-electron chi connectivity index (χ3n) is 4.65. The average Bonchev–Trinajstić information content (AvgIpc) is 3.45. The molecule has 3 rings (SSSR count). The molecule has 0 aromatic heterocycles. The highest BCUT2D eigenvalue weighted by Gasteiger charge is 2.38. The van der Waals surface area contributed by atoms with Crippen molar-refractivity contribution < 1.29 is 18.3 Å². The van der Waals surface area contributed by atoms with Crippen LogP contribution in [0.5, 0.6) is 0 Å².